The molecule has 2 unspecified atom stereocenters. The molecule has 39 heavy (non-hydrogen) atoms. The Kier molecular flexibility index (Phi) is 7.55. The molecule has 4 atom stereocenters. The fourth-order valence-electron chi connectivity index (χ4n) is 7.87. The number of urea groups is 1. The molecule has 8 heteroatoms. The summed E-state index contributed by atoms with van der Waals surface area (Å²) in [7, 11) is 1.67. The highest BCUT2D eigenvalue weighted by Gasteiger charge is 2.62. The highest BCUT2D eigenvalue weighted by atomic mass is 35.5. The van der Waals surface area contributed by atoms with Crippen LogP contribution in [0.2, 0.25) is 0 Å². The minimum atomic E-state index is -0.653. The maximum Gasteiger partial charge on any atom is 0.327 e. The lowest BCUT2D eigenvalue weighted by Crippen LogP contribution is -2.61. The van der Waals surface area contributed by atoms with E-state index < -0.39 is 5.54 Å². The highest BCUT2D eigenvalue weighted by Crippen LogP contribution is 2.49. The van der Waals surface area contributed by atoms with Crippen LogP contribution in [-0.4, -0.2) is 88.3 Å². The van der Waals surface area contributed by atoms with Crippen LogP contribution >= 0.6 is 12.4 Å². The Morgan fingerprint density at radius 2 is 1.59 bits per heavy atom. The van der Waals surface area contributed by atoms with Crippen LogP contribution in [0.25, 0.3) is 0 Å². The molecular weight excluding hydrogens is 512 g/mol. The number of hydrogen-bond donors (Lipinski definition) is 0. The number of fused-ring (bicyclic) bond motifs is 2. The number of piperidine rings is 1. The standard InChI is InChI=1S/C31H44N4O3.ClH/c1-30(2,3)16-27(36)33-18-23(26(20-33)22-8-6-5-7-9-22)19-34-24-12-13-25(34)15-31(14-24)28(37)32(4)29(38)35(31)17-21-10-11-21;/h5-9,21,23-26H,10-20H2,1-4H3;1H/t23-,24?,25?,26-,31?;/m1./s1. The molecule has 0 aromatic heterocycles. The van der Waals surface area contributed by atoms with E-state index in [4.69, 9.17) is 0 Å². The van der Waals surface area contributed by atoms with Gasteiger partial charge in [0.05, 0.1) is 0 Å². The second-order valence-electron chi connectivity index (χ2n) is 14.0. The molecule has 1 aromatic carbocycles. The number of amides is 4. The summed E-state index contributed by atoms with van der Waals surface area (Å²) >= 11 is 0. The zero-order valence-corrected chi connectivity index (χ0v) is 24.8. The molecule has 4 heterocycles. The van der Waals surface area contributed by atoms with Crippen molar-refractivity contribution in [2.24, 2.45) is 17.3 Å². The first-order valence-electron chi connectivity index (χ1n) is 14.7. The summed E-state index contributed by atoms with van der Waals surface area (Å²) in [6.07, 6.45) is 6.59. The first kappa shape index (κ1) is 28.4. The number of hydrogen-bond acceptors (Lipinski definition) is 4. The molecule has 2 bridgehead atoms. The molecule has 4 amide bonds. The van der Waals surface area contributed by atoms with E-state index in [0.29, 0.717) is 36.3 Å². The Hall–Kier alpha value is -2.12. The van der Waals surface area contributed by atoms with Gasteiger partial charge in [-0.15, -0.1) is 12.4 Å². The summed E-state index contributed by atoms with van der Waals surface area (Å²) in [4.78, 5) is 48.0. The van der Waals surface area contributed by atoms with Crippen LogP contribution in [-0.2, 0) is 9.59 Å². The first-order valence-corrected chi connectivity index (χ1v) is 14.7. The Morgan fingerprint density at radius 1 is 0.949 bits per heavy atom. The predicted molar refractivity (Wildman–Crippen MR) is 154 cm³/mol. The second-order valence-corrected chi connectivity index (χ2v) is 14.0. The monoisotopic (exact) mass is 556 g/mol. The molecule has 0 N–H and O–H groups in total. The average molecular weight is 557 g/mol. The van der Waals surface area contributed by atoms with E-state index in [1.165, 1.54) is 23.3 Å². The highest BCUT2D eigenvalue weighted by molar-refractivity contribution is 6.07. The van der Waals surface area contributed by atoms with E-state index in [9.17, 15) is 14.4 Å². The third-order valence-corrected chi connectivity index (χ3v) is 9.94. The molecule has 1 saturated carbocycles. The largest absolute Gasteiger partial charge is 0.342 e. The average Bonchev–Trinajstić information content (AvgIpc) is 3.52. The lowest BCUT2D eigenvalue weighted by atomic mass is 9.80. The molecule has 0 radical (unpaired) electrons. The van der Waals surface area contributed by atoms with Gasteiger partial charge in [-0.05, 0) is 61.3 Å². The zero-order chi connectivity index (χ0) is 26.8. The second kappa shape index (κ2) is 10.4. The number of nitrogens with zero attached hydrogens (tertiary/aromatic N) is 4. The van der Waals surface area contributed by atoms with Gasteiger partial charge in [-0.25, -0.2) is 4.79 Å². The molecule has 5 fully saturated rings. The molecule has 7 nitrogen and oxygen atoms in total. The smallest absolute Gasteiger partial charge is 0.327 e. The van der Waals surface area contributed by atoms with Crippen molar-refractivity contribution in [1.82, 2.24) is 19.6 Å². The van der Waals surface area contributed by atoms with Crippen molar-refractivity contribution in [2.75, 3.05) is 33.2 Å². The van der Waals surface area contributed by atoms with Gasteiger partial charge in [0.15, 0.2) is 0 Å². The van der Waals surface area contributed by atoms with E-state index in [-0.39, 0.29) is 35.7 Å². The van der Waals surface area contributed by atoms with Gasteiger partial charge in [0.2, 0.25) is 5.91 Å². The molecule has 1 spiro atoms. The number of halogens is 1. The van der Waals surface area contributed by atoms with Crippen LogP contribution in [0.3, 0.4) is 0 Å². The molecule has 6 rings (SSSR count). The van der Waals surface area contributed by atoms with Gasteiger partial charge in [-0.2, -0.15) is 0 Å². The van der Waals surface area contributed by atoms with Gasteiger partial charge in [-0.1, -0.05) is 51.1 Å². The third kappa shape index (κ3) is 5.21. The van der Waals surface area contributed by atoms with E-state index >= 15 is 0 Å². The summed E-state index contributed by atoms with van der Waals surface area (Å²) in [6, 6.07) is 11.2. The quantitative estimate of drug-likeness (QED) is 0.474. The summed E-state index contributed by atoms with van der Waals surface area (Å²) in [5.41, 5.74) is 0.640. The van der Waals surface area contributed by atoms with Gasteiger partial charge in [0.25, 0.3) is 5.91 Å². The lowest BCUT2D eigenvalue weighted by Gasteiger charge is -2.47. The topological polar surface area (TPSA) is 64.2 Å². The van der Waals surface area contributed by atoms with Crippen molar-refractivity contribution in [3.8, 4) is 0 Å². The molecule has 1 aliphatic carbocycles. The fourth-order valence-corrected chi connectivity index (χ4v) is 7.87. The Balaban J connectivity index is 0.00000308. The first-order chi connectivity index (χ1) is 18.1. The molecule has 214 valence electrons. The number of likely N-dealkylation sites (tertiary alicyclic amines) is 1. The van der Waals surface area contributed by atoms with Gasteiger partial charge >= 0.3 is 6.03 Å². The zero-order valence-electron chi connectivity index (χ0n) is 24.0. The van der Waals surface area contributed by atoms with E-state index in [1.54, 1.807) is 7.05 Å². The summed E-state index contributed by atoms with van der Waals surface area (Å²) < 4.78 is 0. The van der Waals surface area contributed by atoms with Crippen molar-refractivity contribution >= 4 is 30.3 Å². The van der Waals surface area contributed by atoms with Crippen molar-refractivity contribution in [1.29, 1.82) is 0 Å². The predicted octanol–water partition coefficient (Wildman–Crippen LogP) is 4.76. The minimum Gasteiger partial charge on any atom is -0.342 e. The summed E-state index contributed by atoms with van der Waals surface area (Å²) in [5.74, 6) is 1.52. The van der Waals surface area contributed by atoms with Crippen molar-refractivity contribution < 1.29 is 14.4 Å². The van der Waals surface area contributed by atoms with Gasteiger partial charge in [0.1, 0.15) is 5.54 Å². The third-order valence-electron chi connectivity index (χ3n) is 9.94. The number of benzene rings is 1. The van der Waals surface area contributed by atoms with E-state index in [1.807, 2.05) is 4.90 Å². The van der Waals surface area contributed by atoms with Crippen molar-refractivity contribution in [2.45, 2.75) is 89.3 Å². The Labute approximate surface area is 239 Å². The molecule has 1 aromatic rings. The summed E-state index contributed by atoms with van der Waals surface area (Å²) in [6.45, 7) is 9.66. The molecule has 4 aliphatic heterocycles. The summed E-state index contributed by atoms with van der Waals surface area (Å²) in [5, 5.41) is 0. The number of carbonyl (C=O) groups is 3. The number of rotatable bonds is 6. The number of imide groups is 1. The SMILES string of the molecule is CN1C(=O)N(CC2CC2)C2(CC3CCC(C2)N3C[C@H]2CN(C(=O)CC(C)(C)C)C[C@@H]2c2ccccc2)C1=O.Cl. The normalized spacial score (nSPS) is 32.9. The molecular formula is C31H45ClN4O3. The van der Waals surface area contributed by atoms with Gasteiger partial charge < -0.3 is 9.80 Å². The molecule has 4 saturated heterocycles. The number of carbonyl (C=O) groups excluding carboxylic acids is 3. The number of likely N-dealkylation sites (N-methyl/N-ethyl adjacent to an activating group) is 1. The van der Waals surface area contributed by atoms with Crippen molar-refractivity contribution in [3.63, 3.8) is 0 Å². The fraction of sp³-hybridized carbons (Fsp3) is 0.710. The van der Waals surface area contributed by atoms with Gasteiger partial charge in [-0.3, -0.25) is 19.4 Å². The minimum absolute atomic E-state index is 0. The van der Waals surface area contributed by atoms with Crippen molar-refractivity contribution in [3.05, 3.63) is 35.9 Å². The van der Waals surface area contributed by atoms with Crippen LogP contribution in [0.15, 0.2) is 30.3 Å². The van der Waals surface area contributed by atoms with Crippen LogP contribution in [0.1, 0.15) is 77.2 Å². The molecule has 5 aliphatic rings. The van der Waals surface area contributed by atoms with Crippen LogP contribution in [0.5, 0.6) is 0 Å². The van der Waals surface area contributed by atoms with Crippen LogP contribution in [0, 0.1) is 17.3 Å². The van der Waals surface area contributed by atoms with Crippen LogP contribution < -0.4 is 0 Å². The Morgan fingerprint density at radius 3 is 2.18 bits per heavy atom. The van der Waals surface area contributed by atoms with E-state index in [2.05, 4.69) is 60.9 Å². The lowest BCUT2D eigenvalue weighted by molar-refractivity contribution is -0.137. The maximum absolute atomic E-state index is 13.5. The van der Waals surface area contributed by atoms with Gasteiger partial charge in [0, 0.05) is 57.6 Å². The van der Waals surface area contributed by atoms with E-state index in [0.717, 1.165) is 51.9 Å². The Bertz CT molecular complexity index is 1090. The maximum atomic E-state index is 13.5. The van der Waals surface area contributed by atoms with Crippen LogP contribution in [0.4, 0.5) is 4.79 Å².